The zero-order chi connectivity index (χ0) is 14.8. The summed E-state index contributed by atoms with van der Waals surface area (Å²) in [6, 6.07) is 0.120. The topological polar surface area (TPSA) is 60.2 Å². The number of aryl methyl sites for hydroxylation is 1. The molecule has 1 aliphatic carbocycles. The Morgan fingerprint density at radius 2 is 2.05 bits per heavy atom. The highest BCUT2D eigenvalue weighted by Crippen LogP contribution is 2.43. The number of rotatable bonds is 5. The van der Waals surface area contributed by atoms with Gasteiger partial charge in [-0.25, -0.2) is 4.98 Å². The zero-order valence-electron chi connectivity index (χ0n) is 13.0. The minimum absolute atomic E-state index is 0.120. The molecule has 1 fully saturated rings. The average molecular weight is 297 g/mol. The van der Waals surface area contributed by atoms with Crippen LogP contribution in [0.15, 0.2) is 5.38 Å². The molecule has 20 heavy (non-hydrogen) atoms. The van der Waals surface area contributed by atoms with Crippen molar-refractivity contribution in [1.82, 2.24) is 10.4 Å². The smallest absolute Gasteiger partial charge is 0.0945 e. The number of hydrogen-bond acceptors (Lipinski definition) is 5. The first kappa shape index (κ1) is 15.9. The first-order valence-electron chi connectivity index (χ1n) is 7.33. The summed E-state index contributed by atoms with van der Waals surface area (Å²) in [7, 11) is 1.82. The Labute approximate surface area is 126 Å². The number of ether oxygens (including phenoxy) is 1. The monoisotopic (exact) mass is 297 g/mol. The van der Waals surface area contributed by atoms with Crippen molar-refractivity contribution in [2.75, 3.05) is 7.11 Å². The van der Waals surface area contributed by atoms with E-state index >= 15 is 0 Å². The van der Waals surface area contributed by atoms with Gasteiger partial charge in [-0.3, -0.25) is 11.3 Å². The van der Waals surface area contributed by atoms with E-state index in [4.69, 9.17) is 10.6 Å². The van der Waals surface area contributed by atoms with Gasteiger partial charge in [0.1, 0.15) is 0 Å². The van der Waals surface area contributed by atoms with Crippen LogP contribution < -0.4 is 11.3 Å². The quantitative estimate of drug-likeness (QED) is 0.648. The Balaban J connectivity index is 2.11. The van der Waals surface area contributed by atoms with Gasteiger partial charge in [0.25, 0.3) is 0 Å². The van der Waals surface area contributed by atoms with Crippen molar-refractivity contribution >= 4 is 11.3 Å². The predicted molar refractivity (Wildman–Crippen MR) is 83.7 cm³/mol. The summed E-state index contributed by atoms with van der Waals surface area (Å²) in [5.41, 5.74) is 4.32. The van der Waals surface area contributed by atoms with Crippen LogP contribution in [0, 0.1) is 12.3 Å². The standard InChI is InChI=1S/C15H27N3OS/c1-11-10-20-13(17-11)9-12(18-16)15(19-4)7-5-14(2,3)6-8-15/h10,12,18H,5-9,16H2,1-4H3. The van der Waals surface area contributed by atoms with E-state index in [1.807, 2.05) is 14.0 Å². The van der Waals surface area contributed by atoms with E-state index in [1.165, 1.54) is 12.8 Å². The molecule has 0 spiro atoms. The first-order valence-corrected chi connectivity index (χ1v) is 8.21. The minimum Gasteiger partial charge on any atom is -0.377 e. The molecule has 2 rings (SSSR count). The summed E-state index contributed by atoms with van der Waals surface area (Å²) >= 11 is 1.70. The molecule has 0 radical (unpaired) electrons. The molecule has 0 aliphatic heterocycles. The molecule has 114 valence electrons. The molecule has 1 heterocycles. The fourth-order valence-corrected chi connectivity index (χ4v) is 3.93. The third kappa shape index (κ3) is 3.39. The predicted octanol–water partition coefficient (Wildman–Crippen LogP) is 2.81. The van der Waals surface area contributed by atoms with E-state index in [0.717, 1.165) is 30.0 Å². The lowest BCUT2D eigenvalue weighted by molar-refractivity contribution is -0.0862. The highest BCUT2D eigenvalue weighted by atomic mass is 32.1. The van der Waals surface area contributed by atoms with Crippen LogP contribution in [-0.4, -0.2) is 23.7 Å². The third-order valence-electron chi connectivity index (χ3n) is 4.74. The number of hydrazine groups is 1. The highest BCUT2D eigenvalue weighted by molar-refractivity contribution is 7.09. The number of aromatic nitrogens is 1. The molecule has 1 unspecified atom stereocenters. The van der Waals surface area contributed by atoms with Gasteiger partial charge < -0.3 is 4.74 Å². The van der Waals surface area contributed by atoms with E-state index in [0.29, 0.717) is 5.41 Å². The van der Waals surface area contributed by atoms with Crippen LogP contribution in [0.25, 0.3) is 0 Å². The molecule has 3 N–H and O–H groups in total. The summed E-state index contributed by atoms with van der Waals surface area (Å²) in [6.45, 7) is 6.70. The van der Waals surface area contributed by atoms with Crippen molar-refractivity contribution < 1.29 is 4.74 Å². The number of methoxy groups -OCH3 is 1. The van der Waals surface area contributed by atoms with E-state index in [-0.39, 0.29) is 11.6 Å². The van der Waals surface area contributed by atoms with E-state index < -0.39 is 0 Å². The van der Waals surface area contributed by atoms with Crippen LogP contribution in [0.3, 0.4) is 0 Å². The summed E-state index contributed by atoms with van der Waals surface area (Å²) in [4.78, 5) is 4.55. The van der Waals surface area contributed by atoms with Gasteiger partial charge in [0.15, 0.2) is 0 Å². The van der Waals surface area contributed by atoms with Crippen LogP contribution in [-0.2, 0) is 11.2 Å². The molecular weight excluding hydrogens is 270 g/mol. The molecule has 1 aromatic heterocycles. The Kier molecular flexibility index (Phi) is 4.84. The maximum atomic E-state index is 5.94. The summed E-state index contributed by atoms with van der Waals surface area (Å²) in [5.74, 6) is 5.83. The van der Waals surface area contributed by atoms with Gasteiger partial charge in [-0.2, -0.15) is 0 Å². The first-order chi connectivity index (χ1) is 9.41. The van der Waals surface area contributed by atoms with Crippen molar-refractivity contribution in [3.63, 3.8) is 0 Å². The minimum atomic E-state index is -0.163. The molecule has 1 aliphatic rings. The summed E-state index contributed by atoms with van der Waals surface area (Å²) in [5, 5.41) is 3.22. The fraction of sp³-hybridized carbons (Fsp3) is 0.800. The van der Waals surface area contributed by atoms with Gasteiger partial charge in [0, 0.05) is 24.6 Å². The van der Waals surface area contributed by atoms with Crippen LogP contribution in [0.5, 0.6) is 0 Å². The van der Waals surface area contributed by atoms with E-state index in [1.54, 1.807) is 11.3 Å². The number of nitrogens with two attached hydrogens (primary N) is 1. The van der Waals surface area contributed by atoms with Gasteiger partial charge in [0.05, 0.1) is 16.7 Å². The molecule has 0 amide bonds. The van der Waals surface area contributed by atoms with Crippen LogP contribution in [0.2, 0.25) is 0 Å². The Hall–Kier alpha value is -0.490. The lowest BCUT2D eigenvalue weighted by Gasteiger charge is -2.46. The molecule has 1 saturated carbocycles. The van der Waals surface area contributed by atoms with Crippen molar-refractivity contribution in [3.05, 3.63) is 16.1 Å². The number of hydrogen-bond donors (Lipinski definition) is 2. The third-order valence-corrected chi connectivity index (χ3v) is 5.73. The average Bonchev–Trinajstić information content (AvgIpc) is 2.83. The van der Waals surface area contributed by atoms with Gasteiger partial charge in [-0.1, -0.05) is 13.8 Å². The summed E-state index contributed by atoms with van der Waals surface area (Å²) < 4.78 is 5.94. The van der Waals surface area contributed by atoms with Gasteiger partial charge >= 0.3 is 0 Å². The van der Waals surface area contributed by atoms with E-state index in [2.05, 4.69) is 29.6 Å². The lowest BCUT2D eigenvalue weighted by atomic mass is 9.68. The number of nitrogens with one attached hydrogen (secondary N) is 1. The summed E-state index contributed by atoms with van der Waals surface area (Å²) in [6.07, 6.45) is 5.29. The van der Waals surface area contributed by atoms with Crippen molar-refractivity contribution in [3.8, 4) is 0 Å². The number of nitrogens with zero attached hydrogens (tertiary/aromatic N) is 1. The molecule has 0 aromatic carbocycles. The maximum Gasteiger partial charge on any atom is 0.0945 e. The molecule has 0 saturated heterocycles. The largest absolute Gasteiger partial charge is 0.377 e. The van der Waals surface area contributed by atoms with Crippen molar-refractivity contribution in [2.45, 2.75) is 64.5 Å². The Morgan fingerprint density at radius 3 is 2.50 bits per heavy atom. The lowest BCUT2D eigenvalue weighted by Crippen LogP contribution is -2.57. The van der Waals surface area contributed by atoms with Gasteiger partial charge in [-0.05, 0) is 38.0 Å². The van der Waals surface area contributed by atoms with Crippen LogP contribution >= 0.6 is 11.3 Å². The van der Waals surface area contributed by atoms with Crippen molar-refractivity contribution in [2.24, 2.45) is 11.3 Å². The molecule has 4 nitrogen and oxygen atoms in total. The number of thiazole rings is 1. The molecule has 0 bridgehead atoms. The SMILES string of the molecule is COC1(C(Cc2nc(C)cs2)NN)CCC(C)(C)CC1. The second-order valence-corrected chi connectivity index (χ2v) is 7.68. The maximum absolute atomic E-state index is 5.94. The Bertz CT molecular complexity index is 434. The van der Waals surface area contributed by atoms with Gasteiger partial charge in [0.2, 0.25) is 0 Å². The van der Waals surface area contributed by atoms with E-state index in [9.17, 15) is 0 Å². The second-order valence-electron chi connectivity index (χ2n) is 6.74. The molecular formula is C15H27N3OS. The second kappa shape index (κ2) is 6.10. The van der Waals surface area contributed by atoms with Crippen LogP contribution in [0.4, 0.5) is 0 Å². The Morgan fingerprint density at radius 1 is 1.40 bits per heavy atom. The normalized spacial score (nSPS) is 22.6. The van der Waals surface area contributed by atoms with Crippen molar-refractivity contribution in [1.29, 1.82) is 0 Å². The fourth-order valence-electron chi connectivity index (χ4n) is 3.11. The van der Waals surface area contributed by atoms with Crippen LogP contribution in [0.1, 0.15) is 50.2 Å². The van der Waals surface area contributed by atoms with Gasteiger partial charge in [-0.15, -0.1) is 11.3 Å². The molecule has 1 aromatic rings. The molecule has 5 heteroatoms. The highest BCUT2D eigenvalue weighted by Gasteiger charge is 2.44. The zero-order valence-corrected chi connectivity index (χ0v) is 13.8. The molecule has 1 atom stereocenters.